The zero-order valence-electron chi connectivity index (χ0n) is 13.0. The molecule has 3 nitrogen and oxygen atoms in total. The van der Waals surface area contributed by atoms with Gasteiger partial charge in [0.1, 0.15) is 0 Å². The van der Waals surface area contributed by atoms with Crippen LogP contribution in [0.15, 0.2) is 58.8 Å². The van der Waals surface area contributed by atoms with Crippen LogP contribution in [0.5, 0.6) is 0 Å². The summed E-state index contributed by atoms with van der Waals surface area (Å²) in [6.45, 7) is 0. The molecule has 0 aliphatic heterocycles. The third-order valence-electron chi connectivity index (χ3n) is 3.30. The number of aromatic nitrogens is 1. The number of hydrogen-bond acceptors (Lipinski definition) is 4. The number of hydrogen-bond donors (Lipinski definition) is 1. The summed E-state index contributed by atoms with van der Waals surface area (Å²) in [5, 5.41) is 6.76. The van der Waals surface area contributed by atoms with Gasteiger partial charge in [0.2, 0.25) is 5.91 Å². The highest BCUT2D eigenvalue weighted by Crippen LogP contribution is 2.26. The second-order valence-corrected chi connectivity index (χ2v) is 8.04. The lowest BCUT2D eigenvalue weighted by Gasteiger charge is -2.03. The van der Waals surface area contributed by atoms with Crippen molar-refractivity contribution in [1.82, 2.24) is 4.98 Å². The van der Waals surface area contributed by atoms with Gasteiger partial charge in [0.15, 0.2) is 5.13 Å². The summed E-state index contributed by atoms with van der Waals surface area (Å²) in [5.41, 5.74) is 1.80. The lowest BCUT2D eigenvalue weighted by atomic mass is 10.2. The van der Waals surface area contributed by atoms with E-state index >= 15 is 0 Å². The van der Waals surface area contributed by atoms with E-state index in [1.165, 1.54) is 11.3 Å². The molecule has 0 radical (unpaired) electrons. The van der Waals surface area contributed by atoms with E-state index in [1.54, 1.807) is 11.8 Å². The first kappa shape index (κ1) is 18.3. The molecule has 128 valence electrons. The summed E-state index contributed by atoms with van der Waals surface area (Å²) in [6.07, 6.45) is 0.420. The number of nitrogens with one attached hydrogen (secondary N) is 1. The van der Waals surface area contributed by atoms with Crippen LogP contribution in [-0.2, 0) is 4.79 Å². The fourth-order valence-corrected chi connectivity index (χ4v) is 3.90. The van der Waals surface area contributed by atoms with Crippen molar-refractivity contribution >= 4 is 57.3 Å². The van der Waals surface area contributed by atoms with E-state index in [4.69, 9.17) is 23.2 Å². The summed E-state index contributed by atoms with van der Waals surface area (Å²) in [7, 11) is 0. The minimum absolute atomic E-state index is 0.0431. The van der Waals surface area contributed by atoms with E-state index < -0.39 is 0 Å². The molecule has 0 bridgehead atoms. The summed E-state index contributed by atoms with van der Waals surface area (Å²) < 4.78 is 0. The summed E-state index contributed by atoms with van der Waals surface area (Å²) in [5.74, 6) is 0.654. The molecular formula is C18H14Cl2N2OS2. The smallest absolute Gasteiger partial charge is 0.226 e. The van der Waals surface area contributed by atoms with Crippen molar-refractivity contribution in [2.24, 2.45) is 0 Å². The van der Waals surface area contributed by atoms with Crippen LogP contribution in [-0.4, -0.2) is 16.6 Å². The van der Waals surface area contributed by atoms with Crippen molar-refractivity contribution < 1.29 is 4.79 Å². The molecule has 0 fully saturated rings. The molecule has 3 rings (SSSR count). The maximum Gasteiger partial charge on any atom is 0.226 e. The predicted octanol–water partition coefficient (Wildman–Crippen LogP) is 6.24. The first-order valence-electron chi connectivity index (χ1n) is 7.50. The van der Waals surface area contributed by atoms with E-state index in [1.807, 2.05) is 53.9 Å². The van der Waals surface area contributed by atoms with Crippen LogP contribution in [0.25, 0.3) is 11.3 Å². The van der Waals surface area contributed by atoms with Crippen molar-refractivity contribution in [1.29, 1.82) is 0 Å². The van der Waals surface area contributed by atoms with Gasteiger partial charge in [-0.1, -0.05) is 35.3 Å². The van der Waals surface area contributed by atoms with Crippen LogP contribution in [0, 0.1) is 0 Å². The zero-order chi connectivity index (χ0) is 17.6. The predicted molar refractivity (Wildman–Crippen MR) is 108 cm³/mol. The van der Waals surface area contributed by atoms with Gasteiger partial charge in [0.05, 0.1) is 5.69 Å². The second kappa shape index (κ2) is 8.72. The van der Waals surface area contributed by atoms with Gasteiger partial charge < -0.3 is 5.32 Å². The number of carbonyl (C=O) groups excluding carboxylic acids is 1. The summed E-state index contributed by atoms with van der Waals surface area (Å²) in [6, 6.07) is 15.0. The molecule has 0 spiro atoms. The number of benzene rings is 2. The third-order valence-corrected chi connectivity index (χ3v) is 5.58. The Bertz CT molecular complexity index is 848. The number of nitrogens with zero attached hydrogens (tertiary/aromatic N) is 1. The first-order chi connectivity index (χ1) is 12.1. The fourth-order valence-electron chi connectivity index (χ4n) is 2.06. The Kier molecular flexibility index (Phi) is 6.37. The van der Waals surface area contributed by atoms with Gasteiger partial charge in [-0.3, -0.25) is 4.79 Å². The highest BCUT2D eigenvalue weighted by Gasteiger charge is 2.08. The van der Waals surface area contributed by atoms with Gasteiger partial charge in [-0.2, -0.15) is 0 Å². The Labute approximate surface area is 164 Å². The maximum absolute atomic E-state index is 12.1. The average molecular weight is 409 g/mol. The molecule has 1 N–H and O–H groups in total. The minimum Gasteiger partial charge on any atom is -0.302 e. The molecule has 7 heteroatoms. The van der Waals surface area contributed by atoms with Crippen molar-refractivity contribution in [2.75, 3.05) is 11.1 Å². The molecule has 0 atom stereocenters. The van der Waals surface area contributed by atoms with E-state index in [0.717, 1.165) is 16.2 Å². The van der Waals surface area contributed by atoms with Gasteiger partial charge in [0, 0.05) is 38.1 Å². The standard InChI is InChI=1S/C18H14Cl2N2OS2/c19-13-3-1-12(2-4-13)16-11-25-18(21-16)22-17(23)9-10-24-15-7-5-14(20)6-8-15/h1-8,11H,9-10H2,(H,21,22,23). The van der Waals surface area contributed by atoms with Crippen LogP contribution < -0.4 is 5.32 Å². The molecule has 0 aliphatic carbocycles. The van der Waals surface area contributed by atoms with Crippen LogP contribution in [0.3, 0.4) is 0 Å². The van der Waals surface area contributed by atoms with E-state index in [-0.39, 0.29) is 5.91 Å². The molecule has 2 aromatic carbocycles. The fraction of sp³-hybridized carbons (Fsp3) is 0.111. The number of halogens is 2. The zero-order valence-corrected chi connectivity index (χ0v) is 16.2. The quantitative estimate of drug-likeness (QED) is 0.490. The van der Waals surface area contributed by atoms with E-state index in [2.05, 4.69) is 10.3 Å². The highest BCUT2D eigenvalue weighted by atomic mass is 35.5. The van der Waals surface area contributed by atoms with E-state index in [0.29, 0.717) is 27.4 Å². The average Bonchev–Trinajstić information content (AvgIpc) is 3.06. The van der Waals surface area contributed by atoms with Gasteiger partial charge >= 0.3 is 0 Å². The third kappa shape index (κ3) is 5.47. The molecule has 25 heavy (non-hydrogen) atoms. The summed E-state index contributed by atoms with van der Waals surface area (Å²) in [4.78, 5) is 17.6. The first-order valence-corrected chi connectivity index (χ1v) is 10.1. The number of amides is 1. The van der Waals surface area contributed by atoms with Gasteiger partial charge in [-0.15, -0.1) is 23.1 Å². The van der Waals surface area contributed by atoms with Crippen molar-refractivity contribution in [3.8, 4) is 11.3 Å². The molecule has 1 aromatic heterocycles. The monoisotopic (exact) mass is 408 g/mol. The lowest BCUT2D eigenvalue weighted by Crippen LogP contribution is -2.11. The molecule has 1 heterocycles. The number of carbonyl (C=O) groups is 1. The number of thioether (sulfide) groups is 1. The SMILES string of the molecule is O=C(CCSc1ccc(Cl)cc1)Nc1nc(-c2ccc(Cl)cc2)cs1. The van der Waals surface area contributed by atoms with Crippen LogP contribution in [0.1, 0.15) is 6.42 Å². The molecule has 0 saturated carbocycles. The van der Waals surface area contributed by atoms with E-state index in [9.17, 15) is 4.79 Å². The lowest BCUT2D eigenvalue weighted by molar-refractivity contribution is -0.115. The Morgan fingerprint density at radius 2 is 1.68 bits per heavy atom. The molecule has 0 saturated heterocycles. The minimum atomic E-state index is -0.0431. The Morgan fingerprint density at radius 3 is 2.36 bits per heavy atom. The largest absolute Gasteiger partial charge is 0.302 e. The number of thiazole rings is 1. The molecule has 1 amide bonds. The van der Waals surface area contributed by atoms with Gasteiger partial charge in [0.25, 0.3) is 0 Å². The number of anilines is 1. The Balaban J connectivity index is 1.49. The molecule has 3 aromatic rings. The molecule has 0 unspecified atom stereocenters. The van der Waals surface area contributed by atoms with Crippen molar-refractivity contribution in [3.63, 3.8) is 0 Å². The van der Waals surface area contributed by atoms with Crippen LogP contribution in [0.4, 0.5) is 5.13 Å². The molecular weight excluding hydrogens is 395 g/mol. The van der Waals surface area contributed by atoms with Crippen LogP contribution in [0.2, 0.25) is 10.0 Å². The normalized spacial score (nSPS) is 10.6. The molecule has 0 aliphatic rings. The Hall–Kier alpha value is -1.53. The van der Waals surface area contributed by atoms with Gasteiger partial charge in [-0.05, 0) is 36.4 Å². The van der Waals surface area contributed by atoms with Crippen molar-refractivity contribution in [2.45, 2.75) is 11.3 Å². The Morgan fingerprint density at radius 1 is 1.04 bits per heavy atom. The topological polar surface area (TPSA) is 42.0 Å². The van der Waals surface area contributed by atoms with Gasteiger partial charge in [-0.25, -0.2) is 4.98 Å². The highest BCUT2D eigenvalue weighted by molar-refractivity contribution is 7.99. The second-order valence-electron chi connectivity index (χ2n) is 5.15. The number of rotatable bonds is 6. The maximum atomic E-state index is 12.1. The van der Waals surface area contributed by atoms with Crippen LogP contribution >= 0.6 is 46.3 Å². The summed E-state index contributed by atoms with van der Waals surface area (Å²) >= 11 is 14.8. The van der Waals surface area contributed by atoms with Crippen molar-refractivity contribution in [3.05, 3.63) is 64.0 Å².